The Morgan fingerprint density at radius 3 is 2.73 bits per heavy atom. The van der Waals surface area contributed by atoms with Crippen LogP contribution in [0.15, 0.2) is 35.5 Å². The minimum Gasteiger partial charge on any atom is -0.376 e. The van der Waals surface area contributed by atoms with Crippen LogP contribution in [0.5, 0.6) is 0 Å². The third-order valence-electron chi connectivity index (χ3n) is 5.94. The van der Waals surface area contributed by atoms with E-state index in [1.807, 2.05) is 31.2 Å². The number of nitrogens with zero attached hydrogens (tertiary/aromatic N) is 4. The van der Waals surface area contributed by atoms with Gasteiger partial charge in [-0.05, 0) is 37.5 Å². The standard InChI is InChI=1S/C22H30ClN5O4S/c1-2-8-27-16-20(21(29)24-15-19-7-4-13-32-19)22(25-27)33(30,31)28-11-9-26(10-12-28)18-6-3-5-17(23)14-18/h3,5-6,14,16,19H,2,4,7-13,15H2,1H3,(H,24,29). The first kappa shape index (κ1) is 24.0. The topological polar surface area (TPSA) is 96.8 Å². The number of nitrogens with one attached hydrogen (secondary N) is 1. The van der Waals surface area contributed by atoms with E-state index in [0.717, 1.165) is 24.9 Å². The van der Waals surface area contributed by atoms with Crippen molar-refractivity contribution >= 4 is 33.2 Å². The Labute approximate surface area is 199 Å². The third-order valence-corrected chi connectivity index (χ3v) is 8.01. The summed E-state index contributed by atoms with van der Waals surface area (Å²) in [6.45, 7) is 5.20. The highest BCUT2D eigenvalue weighted by Gasteiger charge is 2.35. The molecule has 11 heteroatoms. The van der Waals surface area contributed by atoms with Gasteiger partial charge in [-0.1, -0.05) is 24.6 Å². The molecule has 33 heavy (non-hydrogen) atoms. The number of rotatable bonds is 8. The van der Waals surface area contributed by atoms with Crippen LogP contribution in [0.1, 0.15) is 36.5 Å². The lowest BCUT2D eigenvalue weighted by molar-refractivity contribution is 0.0855. The van der Waals surface area contributed by atoms with Crippen molar-refractivity contribution in [2.75, 3.05) is 44.2 Å². The van der Waals surface area contributed by atoms with Crippen LogP contribution in [0.25, 0.3) is 0 Å². The van der Waals surface area contributed by atoms with E-state index in [1.54, 1.807) is 0 Å². The average molecular weight is 496 g/mol. The maximum absolute atomic E-state index is 13.5. The van der Waals surface area contributed by atoms with Gasteiger partial charge in [-0.25, -0.2) is 8.42 Å². The van der Waals surface area contributed by atoms with Crippen molar-refractivity contribution in [1.82, 2.24) is 19.4 Å². The Morgan fingerprint density at radius 1 is 1.27 bits per heavy atom. The highest BCUT2D eigenvalue weighted by atomic mass is 35.5. The molecule has 0 radical (unpaired) electrons. The molecule has 1 aromatic heterocycles. The molecule has 2 aliphatic rings. The first-order valence-corrected chi connectivity index (χ1v) is 13.2. The fourth-order valence-corrected chi connectivity index (χ4v) is 5.89. The number of hydrogen-bond acceptors (Lipinski definition) is 6. The lowest BCUT2D eigenvalue weighted by atomic mass is 10.2. The van der Waals surface area contributed by atoms with E-state index in [-0.39, 0.29) is 16.7 Å². The maximum atomic E-state index is 13.5. The van der Waals surface area contributed by atoms with Crippen molar-refractivity contribution < 1.29 is 17.9 Å². The molecule has 0 bridgehead atoms. The molecular weight excluding hydrogens is 466 g/mol. The minimum absolute atomic E-state index is 0.0285. The van der Waals surface area contributed by atoms with Gasteiger partial charge >= 0.3 is 0 Å². The summed E-state index contributed by atoms with van der Waals surface area (Å²) in [6, 6.07) is 7.51. The van der Waals surface area contributed by atoms with E-state index in [2.05, 4.69) is 15.3 Å². The molecule has 2 fully saturated rings. The lowest BCUT2D eigenvalue weighted by Gasteiger charge is -2.35. The number of hydrogen-bond donors (Lipinski definition) is 1. The molecule has 2 aromatic rings. The average Bonchev–Trinajstić information content (AvgIpc) is 3.48. The Kier molecular flexibility index (Phi) is 7.58. The summed E-state index contributed by atoms with van der Waals surface area (Å²) in [4.78, 5) is 15.0. The fourth-order valence-electron chi connectivity index (χ4n) is 4.18. The second kappa shape index (κ2) is 10.4. The molecule has 3 heterocycles. The molecule has 1 unspecified atom stereocenters. The Balaban J connectivity index is 1.49. The molecule has 4 rings (SSSR count). The molecule has 1 aromatic carbocycles. The second-order valence-corrected chi connectivity index (χ2v) is 10.6. The molecule has 1 N–H and O–H groups in total. The summed E-state index contributed by atoms with van der Waals surface area (Å²) in [5.41, 5.74) is 1.04. The lowest BCUT2D eigenvalue weighted by Crippen LogP contribution is -2.49. The number of amides is 1. The van der Waals surface area contributed by atoms with Crippen LogP contribution in [-0.2, 0) is 21.3 Å². The van der Waals surface area contributed by atoms with Gasteiger partial charge in [-0.2, -0.15) is 9.40 Å². The van der Waals surface area contributed by atoms with Crippen LogP contribution in [0.2, 0.25) is 5.02 Å². The van der Waals surface area contributed by atoms with E-state index in [4.69, 9.17) is 16.3 Å². The number of halogens is 1. The summed E-state index contributed by atoms with van der Waals surface area (Å²) < 4.78 is 35.5. The second-order valence-electron chi connectivity index (χ2n) is 8.33. The van der Waals surface area contributed by atoms with Gasteiger partial charge in [-0.15, -0.1) is 0 Å². The first-order chi connectivity index (χ1) is 15.9. The van der Waals surface area contributed by atoms with Crippen LogP contribution in [-0.4, -0.2) is 73.8 Å². The smallest absolute Gasteiger partial charge is 0.263 e. The highest BCUT2D eigenvalue weighted by Crippen LogP contribution is 2.24. The van der Waals surface area contributed by atoms with Gasteiger partial charge in [0.1, 0.15) is 0 Å². The Hall–Kier alpha value is -2.14. The number of anilines is 1. The predicted octanol–water partition coefficient (Wildman–Crippen LogP) is 2.37. The van der Waals surface area contributed by atoms with Crippen molar-refractivity contribution in [1.29, 1.82) is 0 Å². The monoisotopic (exact) mass is 495 g/mol. The van der Waals surface area contributed by atoms with Crippen molar-refractivity contribution in [3.8, 4) is 0 Å². The fraction of sp³-hybridized carbons (Fsp3) is 0.545. The van der Waals surface area contributed by atoms with E-state index in [9.17, 15) is 13.2 Å². The number of piperazine rings is 1. The molecule has 9 nitrogen and oxygen atoms in total. The van der Waals surface area contributed by atoms with Crippen LogP contribution in [0.4, 0.5) is 5.69 Å². The number of aromatic nitrogens is 2. The number of ether oxygens (including phenoxy) is 1. The number of carbonyl (C=O) groups excluding carboxylic acids is 1. The minimum atomic E-state index is -3.93. The predicted molar refractivity (Wildman–Crippen MR) is 126 cm³/mol. The van der Waals surface area contributed by atoms with Crippen molar-refractivity contribution in [3.05, 3.63) is 41.0 Å². The molecule has 2 aliphatic heterocycles. The van der Waals surface area contributed by atoms with E-state index < -0.39 is 15.9 Å². The first-order valence-electron chi connectivity index (χ1n) is 11.4. The van der Waals surface area contributed by atoms with Gasteiger partial charge in [0.2, 0.25) is 5.03 Å². The van der Waals surface area contributed by atoms with Gasteiger partial charge in [-0.3, -0.25) is 9.48 Å². The van der Waals surface area contributed by atoms with Gasteiger partial charge in [0.05, 0.1) is 11.7 Å². The van der Waals surface area contributed by atoms with Crippen LogP contribution >= 0.6 is 11.6 Å². The van der Waals surface area contributed by atoms with Gasteiger partial charge < -0.3 is 15.0 Å². The maximum Gasteiger partial charge on any atom is 0.263 e. The highest BCUT2D eigenvalue weighted by molar-refractivity contribution is 7.89. The number of benzene rings is 1. The molecule has 1 atom stereocenters. The van der Waals surface area contributed by atoms with Gasteiger partial charge in [0.25, 0.3) is 15.9 Å². The van der Waals surface area contributed by atoms with Gasteiger partial charge in [0.15, 0.2) is 0 Å². The molecule has 180 valence electrons. The Morgan fingerprint density at radius 2 is 2.06 bits per heavy atom. The van der Waals surface area contributed by atoms with Crippen LogP contribution < -0.4 is 10.2 Å². The molecule has 2 saturated heterocycles. The van der Waals surface area contributed by atoms with E-state index in [0.29, 0.717) is 50.9 Å². The molecule has 0 saturated carbocycles. The third kappa shape index (κ3) is 5.51. The summed E-state index contributed by atoms with van der Waals surface area (Å²) >= 11 is 6.10. The summed E-state index contributed by atoms with van der Waals surface area (Å²) in [7, 11) is -3.93. The molecule has 0 spiro atoms. The van der Waals surface area contributed by atoms with Crippen molar-refractivity contribution in [2.45, 2.75) is 43.9 Å². The normalized spacial score (nSPS) is 19.7. The molecule has 0 aliphatic carbocycles. The number of carbonyl (C=O) groups is 1. The van der Waals surface area contributed by atoms with E-state index >= 15 is 0 Å². The van der Waals surface area contributed by atoms with Crippen molar-refractivity contribution in [3.63, 3.8) is 0 Å². The molecule has 1 amide bonds. The number of sulfonamides is 1. The van der Waals surface area contributed by atoms with Crippen molar-refractivity contribution in [2.24, 2.45) is 0 Å². The summed E-state index contributed by atoms with van der Waals surface area (Å²) in [5, 5.41) is 7.58. The SMILES string of the molecule is CCCn1cc(C(=O)NCC2CCCO2)c(S(=O)(=O)N2CCN(c3cccc(Cl)c3)CC2)n1. The van der Waals surface area contributed by atoms with Crippen LogP contribution in [0.3, 0.4) is 0 Å². The summed E-state index contributed by atoms with van der Waals surface area (Å²) in [5.74, 6) is -0.441. The Bertz CT molecular complexity index is 1080. The van der Waals surface area contributed by atoms with Gasteiger partial charge in [0, 0.05) is 62.8 Å². The van der Waals surface area contributed by atoms with Crippen LogP contribution in [0, 0.1) is 0 Å². The quantitative estimate of drug-likeness (QED) is 0.604. The van der Waals surface area contributed by atoms with E-state index in [1.165, 1.54) is 15.2 Å². The number of aryl methyl sites for hydroxylation is 1. The zero-order valence-corrected chi connectivity index (χ0v) is 20.3. The summed E-state index contributed by atoms with van der Waals surface area (Å²) in [6.07, 6.45) is 4.13. The largest absolute Gasteiger partial charge is 0.376 e. The zero-order valence-electron chi connectivity index (χ0n) is 18.7. The zero-order chi connectivity index (χ0) is 23.4. The molecular formula is C22H30ClN5O4S.